The van der Waals surface area contributed by atoms with E-state index in [1.165, 1.54) is 5.56 Å². The molecule has 1 atom stereocenters. The van der Waals surface area contributed by atoms with Crippen molar-refractivity contribution in [3.8, 4) is 11.1 Å². The Morgan fingerprint density at radius 2 is 1.89 bits per heavy atom. The number of carbonyl (C=O) groups is 1. The normalized spacial score (nSPS) is 12.1. The molecule has 0 aliphatic heterocycles. The standard InChI is InChI=1S/C22H26N4O/c1-17(26-13-12-23-16-26)22(27)24-14-20-6-4-5-7-21(20)19-10-8-18(9-11-19)15-25(2)3/h4-13,16-17H,14-15H2,1-3H3,(H,24,27). The number of carbonyl (C=O) groups excluding carboxylic acids is 1. The quantitative estimate of drug-likeness (QED) is 0.700. The zero-order valence-electron chi connectivity index (χ0n) is 16.1. The molecule has 3 aromatic rings. The molecule has 1 heterocycles. The molecule has 0 saturated carbocycles. The smallest absolute Gasteiger partial charge is 0.243 e. The topological polar surface area (TPSA) is 50.2 Å². The van der Waals surface area contributed by atoms with E-state index in [0.29, 0.717) is 6.54 Å². The molecule has 27 heavy (non-hydrogen) atoms. The fraction of sp³-hybridized carbons (Fsp3) is 0.273. The predicted octanol–water partition coefficient (Wildman–Crippen LogP) is 3.49. The molecule has 5 heteroatoms. The number of nitrogens with zero attached hydrogens (tertiary/aromatic N) is 3. The molecule has 1 N–H and O–H groups in total. The van der Waals surface area contributed by atoms with Gasteiger partial charge < -0.3 is 14.8 Å². The summed E-state index contributed by atoms with van der Waals surface area (Å²) in [5.74, 6) is -0.0240. The van der Waals surface area contributed by atoms with Crippen LogP contribution >= 0.6 is 0 Å². The third-order valence-corrected chi connectivity index (χ3v) is 4.59. The Bertz CT molecular complexity index is 870. The second-order valence-corrected chi connectivity index (χ2v) is 7.00. The molecular formula is C22H26N4O. The Kier molecular flexibility index (Phi) is 6.04. The van der Waals surface area contributed by atoms with Gasteiger partial charge in [0.05, 0.1) is 6.33 Å². The summed E-state index contributed by atoms with van der Waals surface area (Å²) in [5, 5.41) is 3.04. The Hall–Kier alpha value is -2.92. The van der Waals surface area contributed by atoms with Crippen LogP contribution in [-0.4, -0.2) is 34.5 Å². The molecule has 0 saturated heterocycles. The fourth-order valence-electron chi connectivity index (χ4n) is 3.07. The van der Waals surface area contributed by atoms with Crippen molar-refractivity contribution >= 4 is 5.91 Å². The van der Waals surface area contributed by atoms with E-state index in [1.807, 2.05) is 19.1 Å². The summed E-state index contributed by atoms with van der Waals surface area (Å²) >= 11 is 0. The van der Waals surface area contributed by atoms with Crippen molar-refractivity contribution in [2.45, 2.75) is 26.1 Å². The number of hydrogen-bond acceptors (Lipinski definition) is 3. The molecule has 140 valence electrons. The molecule has 0 aliphatic rings. The highest BCUT2D eigenvalue weighted by atomic mass is 16.2. The van der Waals surface area contributed by atoms with Gasteiger partial charge in [0.25, 0.3) is 0 Å². The van der Waals surface area contributed by atoms with E-state index in [-0.39, 0.29) is 11.9 Å². The van der Waals surface area contributed by atoms with E-state index in [2.05, 4.69) is 65.7 Å². The van der Waals surface area contributed by atoms with Gasteiger partial charge in [0.2, 0.25) is 5.91 Å². The van der Waals surface area contributed by atoms with Crippen molar-refractivity contribution in [1.29, 1.82) is 0 Å². The molecule has 1 amide bonds. The van der Waals surface area contributed by atoms with Crippen molar-refractivity contribution in [1.82, 2.24) is 19.8 Å². The average molecular weight is 362 g/mol. The van der Waals surface area contributed by atoms with E-state index in [0.717, 1.165) is 23.2 Å². The first-order chi connectivity index (χ1) is 13.0. The number of rotatable bonds is 7. The van der Waals surface area contributed by atoms with Gasteiger partial charge in [-0.25, -0.2) is 4.98 Å². The lowest BCUT2D eigenvalue weighted by Gasteiger charge is -2.15. The lowest BCUT2D eigenvalue weighted by Crippen LogP contribution is -2.30. The second kappa shape index (κ2) is 8.64. The Morgan fingerprint density at radius 3 is 2.56 bits per heavy atom. The van der Waals surface area contributed by atoms with E-state index in [9.17, 15) is 4.79 Å². The van der Waals surface area contributed by atoms with Crippen LogP contribution in [0.2, 0.25) is 0 Å². The van der Waals surface area contributed by atoms with E-state index in [4.69, 9.17) is 0 Å². The summed E-state index contributed by atoms with van der Waals surface area (Å²) in [6.07, 6.45) is 5.14. The maximum Gasteiger partial charge on any atom is 0.243 e. The Balaban J connectivity index is 1.71. The summed E-state index contributed by atoms with van der Waals surface area (Å²) in [6, 6.07) is 16.5. The van der Waals surface area contributed by atoms with Gasteiger partial charge in [0.15, 0.2) is 0 Å². The van der Waals surface area contributed by atoms with Crippen LogP contribution in [0, 0.1) is 0 Å². The lowest BCUT2D eigenvalue weighted by atomic mass is 9.98. The molecule has 1 unspecified atom stereocenters. The minimum Gasteiger partial charge on any atom is -0.350 e. The lowest BCUT2D eigenvalue weighted by molar-refractivity contribution is -0.124. The number of amides is 1. The summed E-state index contributed by atoms with van der Waals surface area (Å²) in [5.41, 5.74) is 4.68. The zero-order chi connectivity index (χ0) is 19.2. The molecule has 1 aromatic heterocycles. The van der Waals surface area contributed by atoms with Crippen LogP contribution in [-0.2, 0) is 17.9 Å². The second-order valence-electron chi connectivity index (χ2n) is 7.00. The van der Waals surface area contributed by atoms with Gasteiger partial charge in [0, 0.05) is 25.5 Å². The van der Waals surface area contributed by atoms with E-state index in [1.54, 1.807) is 23.3 Å². The van der Waals surface area contributed by atoms with Crippen LogP contribution in [0.25, 0.3) is 11.1 Å². The molecular weight excluding hydrogens is 336 g/mol. The highest BCUT2D eigenvalue weighted by Crippen LogP contribution is 2.24. The number of aromatic nitrogens is 2. The van der Waals surface area contributed by atoms with Gasteiger partial charge in [-0.05, 0) is 43.3 Å². The molecule has 0 fully saturated rings. The van der Waals surface area contributed by atoms with Crippen molar-refractivity contribution in [3.05, 3.63) is 78.4 Å². The van der Waals surface area contributed by atoms with Gasteiger partial charge in [-0.15, -0.1) is 0 Å². The van der Waals surface area contributed by atoms with Crippen molar-refractivity contribution < 1.29 is 4.79 Å². The zero-order valence-corrected chi connectivity index (χ0v) is 16.1. The van der Waals surface area contributed by atoms with Crippen LogP contribution in [0.15, 0.2) is 67.3 Å². The van der Waals surface area contributed by atoms with Crippen molar-refractivity contribution in [2.24, 2.45) is 0 Å². The van der Waals surface area contributed by atoms with E-state index >= 15 is 0 Å². The van der Waals surface area contributed by atoms with Crippen LogP contribution in [0.4, 0.5) is 0 Å². The molecule has 0 bridgehead atoms. The van der Waals surface area contributed by atoms with Gasteiger partial charge >= 0.3 is 0 Å². The van der Waals surface area contributed by atoms with Crippen LogP contribution in [0.5, 0.6) is 0 Å². The summed E-state index contributed by atoms with van der Waals surface area (Å²) < 4.78 is 1.80. The number of benzene rings is 2. The molecule has 2 aromatic carbocycles. The molecule has 3 rings (SSSR count). The SMILES string of the molecule is CC(C(=O)NCc1ccccc1-c1ccc(CN(C)C)cc1)n1ccnc1. The van der Waals surface area contributed by atoms with Crippen molar-refractivity contribution in [3.63, 3.8) is 0 Å². The van der Waals surface area contributed by atoms with Crippen LogP contribution in [0.3, 0.4) is 0 Å². The Labute approximate surface area is 160 Å². The molecule has 0 aliphatic carbocycles. The Morgan fingerprint density at radius 1 is 1.15 bits per heavy atom. The van der Waals surface area contributed by atoms with Gasteiger partial charge in [0.1, 0.15) is 6.04 Å². The van der Waals surface area contributed by atoms with Gasteiger partial charge in [-0.1, -0.05) is 48.5 Å². The summed E-state index contributed by atoms with van der Waals surface area (Å²) in [4.78, 5) is 18.6. The number of nitrogens with one attached hydrogen (secondary N) is 1. The minimum absolute atomic E-state index is 0.0240. The first kappa shape index (κ1) is 18.9. The molecule has 0 spiro atoms. The fourth-order valence-corrected chi connectivity index (χ4v) is 3.07. The third-order valence-electron chi connectivity index (χ3n) is 4.59. The summed E-state index contributed by atoms with van der Waals surface area (Å²) in [7, 11) is 4.13. The molecule has 0 radical (unpaired) electrons. The first-order valence-electron chi connectivity index (χ1n) is 9.11. The van der Waals surface area contributed by atoms with Gasteiger partial charge in [-0.3, -0.25) is 4.79 Å². The molecule has 5 nitrogen and oxygen atoms in total. The highest BCUT2D eigenvalue weighted by molar-refractivity contribution is 5.80. The van der Waals surface area contributed by atoms with Crippen LogP contribution < -0.4 is 5.32 Å². The number of imidazole rings is 1. The van der Waals surface area contributed by atoms with Crippen molar-refractivity contribution in [2.75, 3.05) is 14.1 Å². The first-order valence-corrected chi connectivity index (χ1v) is 9.11. The maximum atomic E-state index is 12.4. The highest BCUT2D eigenvalue weighted by Gasteiger charge is 2.14. The monoisotopic (exact) mass is 362 g/mol. The maximum absolute atomic E-state index is 12.4. The van der Waals surface area contributed by atoms with Gasteiger partial charge in [-0.2, -0.15) is 0 Å². The predicted molar refractivity (Wildman–Crippen MR) is 108 cm³/mol. The largest absolute Gasteiger partial charge is 0.350 e. The minimum atomic E-state index is -0.287. The average Bonchev–Trinajstić information content (AvgIpc) is 3.21. The summed E-state index contributed by atoms with van der Waals surface area (Å²) in [6.45, 7) is 3.28. The number of hydrogen-bond donors (Lipinski definition) is 1. The van der Waals surface area contributed by atoms with Crippen LogP contribution in [0.1, 0.15) is 24.1 Å². The van der Waals surface area contributed by atoms with E-state index < -0.39 is 0 Å². The third kappa shape index (κ3) is 4.83.